The highest BCUT2D eigenvalue weighted by Gasteiger charge is 2.52. The molecule has 0 aromatic heterocycles. The fraction of sp³-hybridized carbons (Fsp3) is 0.471. The summed E-state index contributed by atoms with van der Waals surface area (Å²) in [5.74, 6) is 2.21. The molecule has 4 rings (SSSR count). The molecule has 1 unspecified atom stereocenters. The van der Waals surface area contributed by atoms with Gasteiger partial charge in [0.2, 0.25) is 0 Å². The highest BCUT2D eigenvalue weighted by molar-refractivity contribution is 5.94. The lowest BCUT2D eigenvalue weighted by Crippen LogP contribution is -2.35. The molecule has 1 aromatic carbocycles. The van der Waals surface area contributed by atoms with Crippen LogP contribution in [0.3, 0.4) is 0 Å². The number of aryl methyl sites for hydroxylation is 1. The van der Waals surface area contributed by atoms with Gasteiger partial charge in [-0.25, -0.2) is 0 Å². The lowest BCUT2D eigenvalue weighted by atomic mass is 9.64. The van der Waals surface area contributed by atoms with Crippen molar-refractivity contribution in [3.8, 4) is 5.75 Å². The van der Waals surface area contributed by atoms with Gasteiger partial charge in [-0.2, -0.15) is 0 Å². The van der Waals surface area contributed by atoms with Crippen molar-refractivity contribution in [3.05, 3.63) is 41.5 Å². The molecule has 2 heteroatoms. The van der Waals surface area contributed by atoms with Gasteiger partial charge in [0.05, 0.1) is 7.11 Å². The zero-order valence-corrected chi connectivity index (χ0v) is 11.2. The standard InChI is InChI=1S/C17H18O2/c1-19-14-4-5-15-11(9-14)2-3-13-8-12-10-17(13,15)7-6-16(12)18/h4-7,9,12-13H,2-3,8,10H2,1H3/t12-,13?,17+/m1/s1. The predicted octanol–water partition coefficient (Wildman–Crippen LogP) is 3.04. The number of methoxy groups -OCH3 is 1. The highest BCUT2D eigenvalue weighted by atomic mass is 16.5. The number of benzene rings is 1. The molecule has 1 saturated carbocycles. The smallest absolute Gasteiger partial charge is 0.158 e. The van der Waals surface area contributed by atoms with Gasteiger partial charge < -0.3 is 4.74 Å². The van der Waals surface area contributed by atoms with E-state index in [0.717, 1.165) is 25.0 Å². The molecule has 2 nitrogen and oxygen atoms in total. The molecule has 0 N–H and O–H groups in total. The summed E-state index contributed by atoms with van der Waals surface area (Å²) in [4.78, 5) is 11.9. The van der Waals surface area contributed by atoms with Gasteiger partial charge >= 0.3 is 0 Å². The van der Waals surface area contributed by atoms with Crippen molar-refractivity contribution in [3.63, 3.8) is 0 Å². The number of hydrogen-bond donors (Lipinski definition) is 0. The first-order valence-electron chi connectivity index (χ1n) is 7.13. The molecule has 3 atom stereocenters. The molecule has 3 aliphatic rings. The quantitative estimate of drug-likeness (QED) is 0.770. The van der Waals surface area contributed by atoms with Crippen LogP contribution < -0.4 is 4.74 Å². The Hall–Kier alpha value is -1.57. The maximum absolute atomic E-state index is 11.9. The van der Waals surface area contributed by atoms with Crippen LogP contribution in [0.15, 0.2) is 30.4 Å². The zero-order valence-electron chi connectivity index (χ0n) is 11.2. The zero-order chi connectivity index (χ0) is 13.0. The molecular formula is C17H18O2. The second kappa shape index (κ2) is 3.72. The molecule has 0 heterocycles. The summed E-state index contributed by atoms with van der Waals surface area (Å²) in [5, 5.41) is 0. The Morgan fingerprint density at radius 2 is 2.26 bits per heavy atom. The molecule has 3 aliphatic carbocycles. The topological polar surface area (TPSA) is 26.3 Å². The lowest BCUT2D eigenvalue weighted by molar-refractivity contribution is -0.118. The Labute approximate surface area is 113 Å². The van der Waals surface area contributed by atoms with Gasteiger partial charge in [-0.05, 0) is 60.9 Å². The molecule has 2 bridgehead atoms. The maximum Gasteiger partial charge on any atom is 0.158 e. The van der Waals surface area contributed by atoms with Crippen molar-refractivity contribution in [1.82, 2.24) is 0 Å². The second-order valence-corrected chi connectivity index (χ2v) is 6.17. The van der Waals surface area contributed by atoms with Gasteiger partial charge in [0.25, 0.3) is 0 Å². The van der Waals surface area contributed by atoms with Gasteiger partial charge in [0.15, 0.2) is 5.78 Å². The van der Waals surface area contributed by atoms with Crippen molar-refractivity contribution < 1.29 is 9.53 Å². The Bertz CT molecular complexity index is 587. The second-order valence-electron chi connectivity index (χ2n) is 6.17. The van der Waals surface area contributed by atoms with Gasteiger partial charge in [-0.15, -0.1) is 0 Å². The highest BCUT2D eigenvalue weighted by Crippen LogP contribution is 2.57. The number of allylic oxidation sites excluding steroid dienone is 2. The van der Waals surface area contributed by atoms with E-state index in [-0.39, 0.29) is 11.3 Å². The van der Waals surface area contributed by atoms with Crippen LogP contribution in [0.4, 0.5) is 0 Å². The van der Waals surface area contributed by atoms with Crippen LogP contribution in [0.25, 0.3) is 0 Å². The van der Waals surface area contributed by atoms with Crippen LogP contribution in [-0.2, 0) is 16.6 Å². The maximum atomic E-state index is 11.9. The number of hydrogen-bond acceptors (Lipinski definition) is 2. The van der Waals surface area contributed by atoms with Gasteiger partial charge in [-0.3, -0.25) is 4.79 Å². The molecule has 0 saturated heterocycles. The lowest BCUT2D eigenvalue weighted by Gasteiger charge is -2.40. The molecule has 1 aromatic rings. The number of rotatable bonds is 1. The van der Waals surface area contributed by atoms with E-state index in [4.69, 9.17) is 4.74 Å². The third-order valence-corrected chi connectivity index (χ3v) is 5.41. The largest absolute Gasteiger partial charge is 0.497 e. The van der Waals surface area contributed by atoms with Crippen LogP contribution in [0.2, 0.25) is 0 Å². The van der Waals surface area contributed by atoms with E-state index in [0.29, 0.717) is 11.7 Å². The minimum atomic E-state index is 0.137. The van der Waals surface area contributed by atoms with Gasteiger partial charge in [0.1, 0.15) is 5.75 Å². The van der Waals surface area contributed by atoms with E-state index in [1.54, 1.807) is 7.11 Å². The fourth-order valence-electron chi connectivity index (χ4n) is 4.48. The van der Waals surface area contributed by atoms with E-state index in [2.05, 4.69) is 24.3 Å². The Kier molecular flexibility index (Phi) is 2.21. The van der Waals surface area contributed by atoms with Crippen molar-refractivity contribution in [2.45, 2.75) is 31.1 Å². The first-order chi connectivity index (χ1) is 9.23. The summed E-state index contributed by atoms with van der Waals surface area (Å²) in [6, 6.07) is 6.47. The number of carbonyl (C=O) groups excluding carboxylic acids is 1. The third kappa shape index (κ3) is 1.40. The van der Waals surface area contributed by atoms with E-state index in [1.807, 2.05) is 6.08 Å². The Morgan fingerprint density at radius 1 is 1.37 bits per heavy atom. The van der Waals surface area contributed by atoms with Crippen LogP contribution in [0.5, 0.6) is 5.75 Å². The normalized spacial score (nSPS) is 34.9. The molecule has 1 fully saturated rings. The van der Waals surface area contributed by atoms with Crippen molar-refractivity contribution in [2.75, 3.05) is 7.11 Å². The Balaban J connectivity index is 1.88. The van der Waals surface area contributed by atoms with Crippen LogP contribution in [-0.4, -0.2) is 12.9 Å². The summed E-state index contributed by atoms with van der Waals surface area (Å²) in [5.41, 5.74) is 2.99. The molecule has 0 radical (unpaired) electrons. The first kappa shape index (κ1) is 11.3. The monoisotopic (exact) mass is 254 g/mol. The SMILES string of the molecule is COc1ccc2c(c1)CCC1C[C@@H]3C[C@]21C=CC3=O. The van der Waals surface area contributed by atoms with E-state index in [9.17, 15) is 4.79 Å². The van der Waals surface area contributed by atoms with Crippen LogP contribution in [0.1, 0.15) is 30.4 Å². The molecule has 0 aliphatic heterocycles. The van der Waals surface area contributed by atoms with Crippen LogP contribution in [0, 0.1) is 11.8 Å². The summed E-state index contributed by atoms with van der Waals surface area (Å²) < 4.78 is 5.34. The molecule has 0 amide bonds. The van der Waals surface area contributed by atoms with E-state index in [1.165, 1.54) is 17.5 Å². The minimum Gasteiger partial charge on any atom is -0.497 e. The summed E-state index contributed by atoms with van der Waals surface area (Å²) in [6.45, 7) is 0. The molecule has 98 valence electrons. The minimum absolute atomic E-state index is 0.137. The van der Waals surface area contributed by atoms with Crippen molar-refractivity contribution in [2.24, 2.45) is 11.8 Å². The average molecular weight is 254 g/mol. The average Bonchev–Trinajstić information content (AvgIpc) is 2.78. The summed E-state index contributed by atoms with van der Waals surface area (Å²) >= 11 is 0. The van der Waals surface area contributed by atoms with Crippen molar-refractivity contribution >= 4 is 5.78 Å². The Morgan fingerprint density at radius 3 is 3.11 bits per heavy atom. The van der Waals surface area contributed by atoms with Gasteiger partial charge in [-0.1, -0.05) is 12.1 Å². The molecule has 19 heavy (non-hydrogen) atoms. The van der Waals surface area contributed by atoms with Crippen molar-refractivity contribution in [1.29, 1.82) is 0 Å². The van der Waals surface area contributed by atoms with Crippen LogP contribution >= 0.6 is 0 Å². The molecule has 1 spiro atoms. The summed E-state index contributed by atoms with van der Waals surface area (Å²) in [7, 11) is 1.72. The summed E-state index contributed by atoms with van der Waals surface area (Å²) in [6.07, 6.45) is 8.47. The first-order valence-corrected chi connectivity index (χ1v) is 7.13. The fourth-order valence-corrected chi connectivity index (χ4v) is 4.48. The third-order valence-electron chi connectivity index (χ3n) is 5.41. The van der Waals surface area contributed by atoms with Gasteiger partial charge in [0, 0.05) is 11.3 Å². The predicted molar refractivity (Wildman–Crippen MR) is 73.4 cm³/mol. The van der Waals surface area contributed by atoms with E-state index >= 15 is 0 Å². The van der Waals surface area contributed by atoms with E-state index < -0.39 is 0 Å². The number of fused-ring (bicyclic) bond motifs is 2. The number of ether oxygens (including phenoxy) is 1. The number of carbonyl (C=O) groups is 1. The molecular weight excluding hydrogens is 236 g/mol. The number of ketones is 1.